The van der Waals surface area contributed by atoms with Crippen LogP contribution in [-0.2, 0) is 4.79 Å². The average molecular weight is 257 g/mol. The second kappa shape index (κ2) is 10.6. The van der Waals surface area contributed by atoms with E-state index in [1.807, 2.05) is 0 Å². The van der Waals surface area contributed by atoms with E-state index >= 15 is 0 Å². The van der Waals surface area contributed by atoms with Crippen molar-refractivity contribution in [1.82, 2.24) is 5.43 Å². The van der Waals surface area contributed by atoms with Gasteiger partial charge in [0, 0.05) is 12.1 Å². The molecule has 6 nitrogen and oxygen atoms in total. The van der Waals surface area contributed by atoms with Gasteiger partial charge in [0.25, 0.3) is 0 Å². The van der Waals surface area contributed by atoms with Gasteiger partial charge in [-0.2, -0.15) is 5.10 Å². The van der Waals surface area contributed by atoms with Crippen LogP contribution in [0.3, 0.4) is 0 Å². The SMILES string of the molecule is CCCC/C(CCCCCC(=O)O)=N\NC(N)=O. The number of nitrogens with one attached hydrogen (secondary N) is 1. The molecule has 0 rings (SSSR count). The third-order valence-corrected chi connectivity index (χ3v) is 2.50. The molecule has 0 aromatic carbocycles. The van der Waals surface area contributed by atoms with Crippen LogP contribution in [0, 0.1) is 0 Å². The summed E-state index contributed by atoms with van der Waals surface area (Å²) in [7, 11) is 0. The van der Waals surface area contributed by atoms with Crippen LogP contribution in [0.1, 0.15) is 58.3 Å². The topological polar surface area (TPSA) is 105 Å². The molecule has 0 aliphatic rings. The van der Waals surface area contributed by atoms with E-state index in [9.17, 15) is 9.59 Å². The lowest BCUT2D eigenvalue weighted by Crippen LogP contribution is -2.25. The van der Waals surface area contributed by atoms with Crippen molar-refractivity contribution in [3.05, 3.63) is 0 Å². The first kappa shape index (κ1) is 16.4. The van der Waals surface area contributed by atoms with Crippen molar-refractivity contribution in [2.75, 3.05) is 0 Å². The Morgan fingerprint density at radius 3 is 2.28 bits per heavy atom. The Balaban J connectivity index is 3.89. The lowest BCUT2D eigenvalue weighted by Gasteiger charge is -2.05. The summed E-state index contributed by atoms with van der Waals surface area (Å²) in [6, 6.07) is -0.658. The Morgan fingerprint density at radius 1 is 1.11 bits per heavy atom. The summed E-state index contributed by atoms with van der Waals surface area (Å²) in [5, 5.41) is 12.5. The minimum Gasteiger partial charge on any atom is -0.481 e. The minimum absolute atomic E-state index is 0.209. The molecule has 0 aliphatic heterocycles. The summed E-state index contributed by atoms with van der Waals surface area (Å²) in [6.07, 6.45) is 6.34. The number of carboxylic acid groups (broad SMARTS) is 1. The summed E-state index contributed by atoms with van der Waals surface area (Å²) in [5.41, 5.74) is 8.13. The van der Waals surface area contributed by atoms with Crippen LogP contribution in [0.25, 0.3) is 0 Å². The van der Waals surface area contributed by atoms with Crippen LogP contribution >= 0.6 is 0 Å². The van der Waals surface area contributed by atoms with Gasteiger partial charge in [0.2, 0.25) is 0 Å². The standard InChI is InChI=1S/C12H23N3O3/c1-2-3-7-10(14-15-12(13)18)8-5-4-6-9-11(16)17/h2-9H2,1H3,(H,16,17)(H3,13,15,18)/b14-10+. The zero-order valence-corrected chi connectivity index (χ0v) is 10.9. The number of hydrazone groups is 1. The molecule has 104 valence electrons. The number of unbranched alkanes of at least 4 members (excludes halogenated alkanes) is 3. The molecule has 0 radical (unpaired) electrons. The number of rotatable bonds is 10. The average Bonchev–Trinajstić information content (AvgIpc) is 2.30. The number of urea groups is 1. The lowest BCUT2D eigenvalue weighted by molar-refractivity contribution is -0.137. The molecule has 0 heterocycles. The Hall–Kier alpha value is -1.59. The summed E-state index contributed by atoms with van der Waals surface area (Å²) >= 11 is 0. The summed E-state index contributed by atoms with van der Waals surface area (Å²) in [6.45, 7) is 2.09. The molecular formula is C12H23N3O3. The lowest BCUT2D eigenvalue weighted by atomic mass is 10.1. The van der Waals surface area contributed by atoms with E-state index in [1.165, 1.54) is 0 Å². The van der Waals surface area contributed by atoms with Crippen molar-refractivity contribution >= 4 is 17.7 Å². The molecular weight excluding hydrogens is 234 g/mol. The Morgan fingerprint density at radius 2 is 1.72 bits per heavy atom. The van der Waals surface area contributed by atoms with E-state index in [0.717, 1.165) is 44.2 Å². The highest BCUT2D eigenvalue weighted by Gasteiger charge is 2.02. The van der Waals surface area contributed by atoms with Crippen molar-refractivity contribution in [3.8, 4) is 0 Å². The number of aliphatic carboxylic acids is 1. The largest absolute Gasteiger partial charge is 0.481 e. The minimum atomic E-state index is -0.759. The second-order valence-corrected chi connectivity index (χ2v) is 4.21. The van der Waals surface area contributed by atoms with Crippen LogP contribution in [0.4, 0.5) is 4.79 Å². The van der Waals surface area contributed by atoms with Gasteiger partial charge in [0.1, 0.15) is 0 Å². The number of amides is 2. The molecule has 0 aromatic heterocycles. The number of nitrogens with zero attached hydrogens (tertiary/aromatic N) is 1. The van der Waals surface area contributed by atoms with Gasteiger partial charge in [-0.3, -0.25) is 4.79 Å². The fourth-order valence-corrected chi connectivity index (χ4v) is 1.53. The highest BCUT2D eigenvalue weighted by atomic mass is 16.4. The van der Waals surface area contributed by atoms with Crippen LogP contribution in [0.2, 0.25) is 0 Å². The number of carboxylic acids is 1. The number of hydrogen-bond donors (Lipinski definition) is 3. The van der Waals surface area contributed by atoms with Gasteiger partial charge in [-0.15, -0.1) is 0 Å². The van der Waals surface area contributed by atoms with Crippen molar-refractivity contribution < 1.29 is 14.7 Å². The highest BCUT2D eigenvalue weighted by molar-refractivity contribution is 5.85. The van der Waals surface area contributed by atoms with Gasteiger partial charge in [0.15, 0.2) is 0 Å². The number of carbonyl (C=O) groups is 2. The molecule has 0 unspecified atom stereocenters. The third kappa shape index (κ3) is 10.9. The van der Waals surface area contributed by atoms with E-state index in [0.29, 0.717) is 6.42 Å². The monoisotopic (exact) mass is 257 g/mol. The normalized spacial score (nSPS) is 11.3. The van der Waals surface area contributed by atoms with Gasteiger partial charge < -0.3 is 10.8 Å². The maximum Gasteiger partial charge on any atom is 0.332 e. The van der Waals surface area contributed by atoms with E-state index in [2.05, 4.69) is 17.5 Å². The van der Waals surface area contributed by atoms with Gasteiger partial charge >= 0.3 is 12.0 Å². The first-order chi connectivity index (χ1) is 8.56. The van der Waals surface area contributed by atoms with Crippen molar-refractivity contribution in [2.24, 2.45) is 10.8 Å². The zero-order valence-electron chi connectivity index (χ0n) is 10.9. The van der Waals surface area contributed by atoms with Gasteiger partial charge in [-0.1, -0.05) is 19.8 Å². The van der Waals surface area contributed by atoms with Crippen molar-refractivity contribution in [1.29, 1.82) is 0 Å². The maximum atomic E-state index is 10.6. The molecule has 6 heteroatoms. The molecule has 18 heavy (non-hydrogen) atoms. The van der Waals surface area contributed by atoms with Crippen molar-refractivity contribution in [2.45, 2.75) is 58.3 Å². The Bertz CT molecular complexity index is 290. The van der Waals surface area contributed by atoms with E-state index in [-0.39, 0.29) is 6.42 Å². The summed E-state index contributed by atoms with van der Waals surface area (Å²) < 4.78 is 0. The van der Waals surface area contributed by atoms with Gasteiger partial charge in [-0.05, 0) is 32.1 Å². The molecule has 2 amide bonds. The maximum absolute atomic E-state index is 10.6. The highest BCUT2D eigenvalue weighted by Crippen LogP contribution is 2.08. The van der Waals surface area contributed by atoms with Gasteiger partial charge in [0.05, 0.1) is 0 Å². The predicted molar refractivity (Wildman–Crippen MR) is 70.4 cm³/mol. The molecule has 0 spiro atoms. The number of nitrogens with two attached hydrogens (primary N) is 1. The van der Waals surface area contributed by atoms with Crippen LogP contribution < -0.4 is 11.2 Å². The molecule has 0 bridgehead atoms. The second-order valence-electron chi connectivity index (χ2n) is 4.21. The molecule has 0 fully saturated rings. The molecule has 0 saturated heterocycles. The number of carbonyl (C=O) groups excluding carboxylic acids is 1. The number of primary amides is 1. The third-order valence-electron chi connectivity index (χ3n) is 2.50. The van der Waals surface area contributed by atoms with E-state index < -0.39 is 12.0 Å². The van der Waals surface area contributed by atoms with E-state index in [4.69, 9.17) is 10.8 Å². The van der Waals surface area contributed by atoms with Crippen LogP contribution in [-0.4, -0.2) is 22.8 Å². The van der Waals surface area contributed by atoms with E-state index in [1.54, 1.807) is 0 Å². The fraction of sp³-hybridized carbons (Fsp3) is 0.750. The quantitative estimate of drug-likeness (QED) is 0.317. The van der Waals surface area contributed by atoms with Crippen LogP contribution in [0.5, 0.6) is 0 Å². The molecule has 4 N–H and O–H groups in total. The summed E-state index contributed by atoms with van der Waals surface area (Å²) in [4.78, 5) is 20.9. The fourth-order valence-electron chi connectivity index (χ4n) is 1.53. The summed E-state index contributed by atoms with van der Waals surface area (Å²) in [5.74, 6) is -0.759. The molecule has 0 saturated carbocycles. The van der Waals surface area contributed by atoms with Gasteiger partial charge in [-0.25, -0.2) is 10.2 Å². The first-order valence-electron chi connectivity index (χ1n) is 6.39. The zero-order chi connectivity index (χ0) is 13.8. The molecule has 0 aromatic rings. The molecule has 0 aliphatic carbocycles. The van der Waals surface area contributed by atoms with Crippen LogP contribution in [0.15, 0.2) is 5.10 Å². The first-order valence-corrected chi connectivity index (χ1v) is 6.39. The Kier molecular flexibility index (Phi) is 9.62. The van der Waals surface area contributed by atoms with Crippen molar-refractivity contribution in [3.63, 3.8) is 0 Å². The number of hydrogen-bond acceptors (Lipinski definition) is 3. The molecule has 0 atom stereocenters. The Labute approximate surface area is 108 Å². The predicted octanol–water partition coefficient (Wildman–Crippen LogP) is 2.24. The smallest absolute Gasteiger partial charge is 0.332 e.